The molecule has 0 radical (unpaired) electrons. The third-order valence-corrected chi connectivity index (χ3v) is 8.58. The summed E-state index contributed by atoms with van der Waals surface area (Å²) in [5.41, 5.74) is 4.44. The summed E-state index contributed by atoms with van der Waals surface area (Å²) < 4.78 is 35.9. The average molecular weight is 528 g/mol. The summed E-state index contributed by atoms with van der Waals surface area (Å²) in [6.45, 7) is 3.89. The maximum absolute atomic E-state index is 15.0. The van der Waals surface area contributed by atoms with Crippen LogP contribution in [0.15, 0.2) is 85.1 Å². The number of aromatic nitrogens is 1. The van der Waals surface area contributed by atoms with Crippen molar-refractivity contribution < 1.29 is 18.6 Å². The second kappa shape index (κ2) is 9.66. The van der Waals surface area contributed by atoms with Gasteiger partial charge in [-0.25, -0.2) is 8.78 Å². The van der Waals surface area contributed by atoms with Gasteiger partial charge < -0.3 is 9.84 Å². The zero-order valence-electron chi connectivity index (χ0n) is 21.6. The molecule has 4 aromatic rings. The monoisotopic (exact) mass is 527 g/mol. The molecule has 39 heavy (non-hydrogen) atoms. The van der Waals surface area contributed by atoms with E-state index in [0.717, 1.165) is 65.1 Å². The summed E-state index contributed by atoms with van der Waals surface area (Å²) in [5, 5.41) is 11.7. The van der Waals surface area contributed by atoms with Crippen molar-refractivity contribution in [2.75, 3.05) is 39.3 Å². The number of hydrogen-bond acceptors (Lipinski definition) is 5. The van der Waals surface area contributed by atoms with Gasteiger partial charge in [-0.1, -0.05) is 54.6 Å². The second-order valence-electron chi connectivity index (χ2n) is 10.9. The number of aliphatic hydroxyl groups is 1. The molecule has 3 atom stereocenters. The third kappa shape index (κ3) is 4.29. The lowest BCUT2D eigenvalue weighted by atomic mass is 9.90. The molecule has 0 bridgehead atoms. The van der Waals surface area contributed by atoms with Gasteiger partial charge in [0.15, 0.2) is 0 Å². The molecule has 7 rings (SSSR count). The van der Waals surface area contributed by atoms with E-state index in [4.69, 9.17) is 4.74 Å². The smallest absolute Gasteiger partial charge is 0.263 e. The first kappa shape index (κ1) is 24.6. The Morgan fingerprint density at radius 2 is 1.46 bits per heavy atom. The van der Waals surface area contributed by atoms with Crippen LogP contribution >= 0.6 is 0 Å². The van der Waals surface area contributed by atoms with Gasteiger partial charge in [-0.2, -0.15) is 0 Å². The van der Waals surface area contributed by atoms with E-state index in [0.29, 0.717) is 6.54 Å². The van der Waals surface area contributed by atoms with E-state index in [2.05, 4.69) is 14.8 Å². The molecule has 0 spiro atoms. The van der Waals surface area contributed by atoms with Crippen molar-refractivity contribution in [2.45, 2.75) is 29.9 Å². The average Bonchev–Trinajstić information content (AvgIpc) is 3.58. The first-order valence-electron chi connectivity index (χ1n) is 13.7. The zero-order chi connectivity index (χ0) is 26.6. The quantitative estimate of drug-likeness (QED) is 0.373. The summed E-state index contributed by atoms with van der Waals surface area (Å²) in [6, 6.07) is 25.1. The van der Waals surface area contributed by atoms with Crippen LogP contribution in [0.3, 0.4) is 0 Å². The van der Waals surface area contributed by atoms with Gasteiger partial charge in [-0.3, -0.25) is 14.8 Å². The maximum atomic E-state index is 15.0. The van der Waals surface area contributed by atoms with Crippen LogP contribution in [-0.2, 0) is 0 Å². The van der Waals surface area contributed by atoms with Crippen LogP contribution in [0.25, 0.3) is 10.9 Å². The molecule has 1 aliphatic heterocycles. The van der Waals surface area contributed by atoms with E-state index in [9.17, 15) is 13.9 Å². The Labute approximate surface area is 226 Å². The standard InChI is InChI=1S/C32H31F2N3O2/c33-32(34)29-22-7-1-3-9-24(22)31(25-10-4-2-8-23(25)30(29)32)37-17-15-36(16-18-37)19-21(38)20-39-28-13-5-12-27-26(28)11-6-14-35-27/h1-14,21,29-31,38H,15-20H2/t21-,29-,30-/m0/s1. The van der Waals surface area contributed by atoms with Crippen LogP contribution in [0.2, 0.25) is 0 Å². The van der Waals surface area contributed by atoms with Crippen molar-refractivity contribution in [1.82, 2.24) is 14.8 Å². The van der Waals surface area contributed by atoms with Gasteiger partial charge in [0, 0.05) is 44.3 Å². The fourth-order valence-corrected chi connectivity index (χ4v) is 6.69. The summed E-state index contributed by atoms with van der Waals surface area (Å²) in [6.07, 6.45) is 1.13. The van der Waals surface area contributed by atoms with Crippen molar-refractivity contribution in [3.63, 3.8) is 0 Å². The Hall–Kier alpha value is -3.39. The first-order chi connectivity index (χ1) is 19.0. The van der Waals surface area contributed by atoms with Crippen LogP contribution < -0.4 is 4.74 Å². The molecule has 200 valence electrons. The molecule has 1 aromatic heterocycles. The Bertz CT molecular complexity index is 1440. The number of benzene rings is 3. The van der Waals surface area contributed by atoms with E-state index in [1.807, 2.05) is 78.9 Å². The molecule has 3 aromatic carbocycles. The zero-order valence-corrected chi connectivity index (χ0v) is 21.6. The highest BCUT2D eigenvalue weighted by Gasteiger charge is 2.71. The van der Waals surface area contributed by atoms with E-state index >= 15 is 0 Å². The molecule has 3 aliphatic rings. The van der Waals surface area contributed by atoms with Crippen LogP contribution in [0.4, 0.5) is 8.78 Å². The van der Waals surface area contributed by atoms with Crippen molar-refractivity contribution in [3.05, 3.63) is 107 Å². The highest BCUT2D eigenvalue weighted by Crippen LogP contribution is 2.70. The van der Waals surface area contributed by atoms with Crippen molar-refractivity contribution in [2.24, 2.45) is 0 Å². The third-order valence-electron chi connectivity index (χ3n) is 8.58. The van der Waals surface area contributed by atoms with Crippen LogP contribution in [0.5, 0.6) is 5.75 Å². The topological polar surface area (TPSA) is 48.8 Å². The van der Waals surface area contributed by atoms with E-state index in [-0.39, 0.29) is 12.6 Å². The fourth-order valence-electron chi connectivity index (χ4n) is 6.69. The largest absolute Gasteiger partial charge is 0.490 e. The lowest BCUT2D eigenvalue weighted by Gasteiger charge is -2.41. The number of fused-ring (bicyclic) bond motifs is 6. The summed E-state index contributed by atoms with van der Waals surface area (Å²) in [7, 11) is 0. The number of pyridine rings is 1. The number of hydrogen-bond donors (Lipinski definition) is 1. The van der Waals surface area contributed by atoms with Crippen molar-refractivity contribution >= 4 is 10.9 Å². The lowest BCUT2D eigenvalue weighted by Crippen LogP contribution is -2.50. The minimum absolute atomic E-state index is 0.0450. The SMILES string of the molecule is O[C@H](COc1cccc2ncccc12)CN1CCN(C2c3ccccc3[C@H]3[C@H](c4ccccc42)C3(F)F)CC1. The number of ether oxygens (including phenoxy) is 1. The van der Waals surface area contributed by atoms with Gasteiger partial charge >= 0.3 is 0 Å². The predicted octanol–water partition coefficient (Wildman–Crippen LogP) is 5.21. The van der Waals surface area contributed by atoms with Crippen LogP contribution in [0.1, 0.15) is 40.1 Å². The molecule has 0 unspecified atom stereocenters. The molecule has 7 heteroatoms. The molecule has 5 nitrogen and oxygen atoms in total. The molecular formula is C32H31F2N3O2. The number of rotatable bonds is 6. The number of β-amino-alcohol motifs (C(OH)–C–C–N with tert-alkyl or cyclic N) is 1. The number of nitrogens with zero attached hydrogens (tertiary/aromatic N) is 3. The van der Waals surface area contributed by atoms with Crippen molar-refractivity contribution in [1.29, 1.82) is 0 Å². The van der Waals surface area contributed by atoms with Gasteiger partial charge in [0.1, 0.15) is 18.5 Å². The van der Waals surface area contributed by atoms with E-state index in [1.54, 1.807) is 6.20 Å². The Morgan fingerprint density at radius 1 is 0.821 bits per heavy atom. The van der Waals surface area contributed by atoms with Gasteiger partial charge in [-0.05, 0) is 46.5 Å². The Balaban J connectivity index is 1.04. The molecule has 2 aliphatic carbocycles. The second-order valence-corrected chi connectivity index (χ2v) is 10.9. The van der Waals surface area contributed by atoms with Crippen LogP contribution in [-0.4, -0.2) is 71.2 Å². The van der Waals surface area contributed by atoms with Gasteiger partial charge in [0.2, 0.25) is 0 Å². The Morgan fingerprint density at radius 3 is 2.13 bits per heavy atom. The normalized spacial score (nSPS) is 23.4. The summed E-state index contributed by atoms with van der Waals surface area (Å²) in [5.74, 6) is -3.46. The first-order valence-corrected chi connectivity index (χ1v) is 13.7. The summed E-state index contributed by atoms with van der Waals surface area (Å²) >= 11 is 0. The van der Waals surface area contributed by atoms with Gasteiger partial charge in [0.05, 0.1) is 23.4 Å². The molecule has 1 saturated heterocycles. The fraction of sp³-hybridized carbons (Fsp3) is 0.344. The minimum Gasteiger partial charge on any atom is -0.490 e. The van der Waals surface area contributed by atoms with Gasteiger partial charge in [-0.15, -0.1) is 0 Å². The number of piperazine rings is 1. The van der Waals surface area contributed by atoms with E-state index < -0.39 is 23.9 Å². The number of aliphatic hydroxyl groups excluding tert-OH is 1. The predicted molar refractivity (Wildman–Crippen MR) is 146 cm³/mol. The number of halogens is 2. The summed E-state index contributed by atoms with van der Waals surface area (Å²) in [4.78, 5) is 9.04. The molecule has 2 heterocycles. The lowest BCUT2D eigenvalue weighted by molar-refractivity contribution is 0.0400. The minimum atomic E-state index is -2.70. The molecule has 1 N–H and O–H groups in total. The van der Waals surface area contributed by atoms with Crippen molar-refractivity contribution in [3.8, 4) is 5.75 Å². The molecule has 0 amide bonds. The highest BCUT2D eigenvalue weighted by atomic mass is 19.3. The molecule has 1 saturated carbocycles. The molecule has 2 fully saturated rings. The Kier molecular flexibility index (Phi) is 6.10. The molecular weight excluding hydrogens is 496 g/mol. The maximum Gasteiger partial charge on any atom is 0.263 e. The highest BCUT2D eigenvalue weighted by molar-refractivity contribution is 5.84. The van der Waals surface area contributed by atoms with Gasteiger partial charge in [0.25, 0.3) is 5.92 Å². The number of alkyl halides is 2. The van der Waals surface area contributed by atoms with Crippen LogP contribution in [0, 0.1) is 0 Å². The van der Waals surface area contributed by atoms with E-state index in [1.165, 1.54) is 0 Å².